The number of aryl methyl sites for hydroxylation is 1. The van der Waals surface area contributed by atoms with Gasteiger partial charge >= 0.3 is 5.97 Å². The number of ether oxygens (including phenoxy) is 2. The number of carbonyl (C=O) groups is 1. The van der Waals surface area contributed by atoms with Crippen LogP contribution in [-0.4, -0.2) is 29.5 Å². The highest BCUT2D eigenvalue weighted by atomic mass is 16.5. The van der Waals surface area contributed by atoms with Crippen molar-refractivity contribution in [1.29, 1.82) is 0 Å². The van der Waals surface area contributed by atoms with Crippen LogP contribution in [0.2, 0.25) is 0 Å². The summed E-state index contributed by atoms with van der Waals surface area (Å²) < 4.78 is 12.5. The topological polar surface area (TPSA) is 53.4 Å². The normalized spacial score (nSPS) is 11.7. The molecule has 0 aliphatic rings. The van der Waals surface area contributed by atoms with E-state index < -0.39 is 0 Å². The summed E-state index contributed by atoms with van der Waals surface area (Å²) in [4.78, 5) is 12.5. The zero-order valence-corrected chi connectivity index (χ0v) is 19.2. The van der Waals surface area contributed by atoms with Crippen LogP contribution in [0.3, 0.4) is 0 Å². The molecule has 5 nitrogen and oxygen atoms in total. The van der Waals surface area contributed by atoms with Gasteiger partial charge in [0, 0.05) is 11.5 Å². The second-order valence-electron chi connectivity index (χ2n) is 7.90. The molecule has 0 N–H and O–H groups in total. The molecule has 0 bridgehead atoms. The van der Waals surface area contributed by atoms with Crippen LogP contribution < -0.4 is 4.74 Å². The van der Waals surface area contributed by atoms with Crippen molar-refractivity contribution in [3.8, 4) is 22.7 Å². The highest BCUT2D eigenvalue weighted by molar-refractivity contribution is 5.72. The van der Waals surface area contributed by atoms with E-state index >= 15 is 0 Å². The van der Waals surface area contributed by atoms with E-state index in [9.17, 15) is 4.79 Å². The summed E-state index contributed by atoms with van der Waals surface area (Å²) in [7, 11) is 1.65. The van der Waals surface area contributed by atoms with Gasteiger partial charge in [-0.15, -0.1) is 0 Å². The molecule has 0 aliphatic carbocycles. The van der Waals surface area contributed by atoms with E-state index in [1.807, 2.05) is 66.2 Å². The van der Waals surface area contributed by atoms with Crippen molar-refractivity contribution in [2.24, 2.45) is 0 Å². The number of hydrogen-bond donors (Lipinski definition) is 0. The molecule has 0 spiro atoms. The summed E-state index contributed by atoms with van der Waals surface area (Å²) in [5, 5.41) is 4.99. The van der Waals surface area contributed by atoms with Crippen molar-refractivity contribution in [1.82, 2.24) is 9.78 Å². The van der Waals surface area contributed by atoms with E-state index in [-0.39, 0.29) is 18.3 Å². The molecule has 3 aromatic carbocycles. The third-order valence-electron chi connectivity index (χ3n) is 5.63. The summed E-state index contributed by atoms with van der Waals surface area (Å²) >= 11 is 0. The minimum atomic E-state index is -0.234. The zero-order valence-electron chi connectivity index (χ0n) is 19.2. The molecule has 0 fully saturated rings. The molecule has 4 rings (SSSR count). The van der Waals surface area contributed by atoms with Gasteiger partial charge in [0.25, 0.3) is 0 Å². The van der Waals surface area contributed by atoms with Crippen molar-refractivity contribution in [3.05, 3.63) is 102 Å². The van der Waals surface area contributed by atoms with Gasteiger partial charge in [0.2, 0.25) is 0 Å². The molecule has 1 unspecified atom stereocenters. The third-order valence-corrected chi connectivity index (χ3v) is 5.63. The Morgan fingerprint density at radius 3 is 2.30 bits per heavy atom. The van der Waals surface area contributed by atoms with Gasteiger partial charge in [-0.1, -0.05) is 60.2 Å². The Bertz CT molecular complexity index is 1200. The summed E-state index contributed by atoms with van der Waals surface area (Å²) in [5.74, 6) is 0.337. The first-order valence-electron chi connectivity index (χ1n) is 11.1. The molecule has 0 aliphatic heterocycles. The highest BCUT2D eigenvalue weighted by Crippen LogP contribution is 2.33. The van der Waals surface area contributed by atoms with Gasteiger partial charge in [0.05, 0.1) is 37.2 Å². The SMILES string of the molecule is CCOC(=O)CC(c1ccccc1)c1cc(-c2ccc(C)cc2)n(-c2ccc(OC)cc2)n1. The molecule has 33 heavy (non-hydrogen) atoms. The Labute approximate surface area is 194 Å². The predicted molar refractivity (Wildman–Crippen MR) is 130 cm³/mol. The molecule has 0 saturated carbocycles. The molecular formula is C28H28N2O3. The van der Waals surface area contributed by atoms with E-state index in [1.165, 1.54) is 5.56 Å². The fraction of sp³-hybridized carbons (Fsp3) is 0.214. The number of esters is 1. The van der Waals surface area contributed by atoms with Crippen molar-refractivity contribution in [2.75, 3.05) is 13.7 Å². The van der Waals surface area contributed by atoms with Gasteiger partial charge in [-0.2, -0.15) is 5.10 Å². The zero-order chi connectivity index (χ0) is 23.2. The molecule has 1 aromatic heterocycles. The van der Waals surface area contributed by atoms with Crippen LogP contribution in [0.25, 0.3) is 16.9 Å². The van der Waals surface area contributed by atoms with Crippen LogP contribution >= 0.6 is 0 Å². The van der Waals surface area contributed by atoms with Crippen molar-refractivity contribution >= 4 is 5.97 Å². The number of benzene rings is 3. The van der Waals surface area contributed by atoms with E-state index in [0.717, 1.165) is 34.0 Å². The van der Waals surface area contributed by atoms with Gasteiger partial charge in [0.15, 0.2) is 0 Å². The Balaban J connectivity index is 1.84. The molecule has 0 radical (unpaired) electrons. The van der Waals surface area contributed by atoms with Crippen LogP contribution in [0.15, 0.2) is 84.9 Å². The number of aromatic nitrogens is 2. The maximum atomic E-state index is 12.5. The predicted octanol–water partition coefficient (Wildman–Crippen LogP) is 5.94. The monoisotopic (exact) mass is 440 g/mol. The average molecular weight is 441 g/mol. The van der Waals surface area contributed by atoms with E-state index in [1.54, 1.807) is 7.11 Å². The van der Waals surface area contributed by atoms with Gasteiger partial charge in [-0.3, -0.25) is 4.79 Å². The second-order valence-corrected chi connectivity index (χ2v) is 7.90. The largest absolute Gasteiger partial charge is 0.497 e. The lowest BCUT2D eigenvalue weighted by molar-refractivity contribution is -0.143. The summed E-state index contributed by atoms with van der Waals surface area (Å²) in [5.41, 5.74) is 5.97. The number of hydrogen-bond acceptors (Lipinski definition) is 4. The fourth-order valence-electron chi connectivity index (χ4n) is 3.88. The summed E-state index contributed by atoms with van der Waals surface area (Å²) in [6.07, 6.45) is 0.227. The van der Waals surface area contributed by atoms with Gasteiger partial charge in [0.1, 0.15) is 5.75 Å². The van der Waals surface area contributed by atoms with E-state index in [4.69, 9.17) is 14.6 Å². The Hall–Kier alpha value is -3.86. The minimum absolute atomic E-state index is 0.214. The van der Waals surface area contributed by atoms with Crippen molar-refractivity contribution in [2.45, 2.75) is 26.2 Å². The summed E-state index contributed by atoms with van der Waals surface area (Å²) in [6.45, 7) is 4.25. The maximum absolute atomic E-state index is 12.5. The van der Waals surface area contributed by atoms with Crippen molar-refractivity contribution in [3.63, 3.8) is 0 Å². The Morgan fingerprint density at radius 2 is 1.67 bits per heavy atom. The minimum Gasteiger partial charge on any atom is -0.497 e. The van der Waals surface area contributed by atoms with Crippen LogP contribution in [0.4, 0.5) is 0 Å². The third kappa shape index (κ3) is 5.14. The van der Waals surface area contributed by atoms with Gasteiger partial charge in [-0.25, -0.2) is 4.68 Å². The van der Waals surface area contributed by atoms with E-state index in [0.29, 0.717) is 6.61 Å². The van der Waals surface area contributed by atoms with Crippen LogP contribution in [0.5, 0.6) is 5.75 Å². The van der Waals surface area contributed by atoms with Gasteiger partial charge in [-0.05, 0) is 49.7 Å². The van der Waals surface area contributed by atoms with Crippen LogP contribution in [0.1, 0.15) is 36.1 Å². The average Bonchev–Trinajstić information content (AvgIpc) is 3.29. The first kappa shape index (κ1) is 22.3. The quantitative estimate of drug-likeness (QED) is 0.318. The van der Waals surface area contributed by atoms with Gasteiger partial charge < -0.3 is 9.47 Å². The van der Waals surface area contributed by atoms with E-state index in [2.05, 4.69) is 37.3 Å². The summed E-state index contributed by atoms with van der Waals surface area (Å²) in [6, 6.07) is 28.2. The molecule has 1 atom stereocenters. The second kappa shape index (κ2) is 10.2. The number of carbonyl (C=O) groups excluding carboxylic acids is 1. The number of nitrogens with zero attached hydrogens (tertiary/aromatic N) is 2. The first-order valence-corrected chi connectivity index (χ1v) is 11.1. The number of methoxy groups -OCH3 is 1. The highest BCUT2D eigenvalue weighted by Gasteiger charge is 2.24. The van der Waals surface area contributed by atoms with Crippen LogP contribution in [-0.2, 0) is 9.53 Å². The lowest BCUT2D eigenvalue weighted by atomic mass is 9.92. The smallest absolute Gasteiger partial charge is 0.306 e. The fourth-order valence-corrected chi connectivity index (χ4v) is 3.88. The van der Waals surface area contributed by atoms with Crippen LogP contribution in [0, 0.1) is 6.92 Å². The molecule has 4 aromatic rings. The number of rotatable bonds is 8. The standard InChI is InChI=1S/C28H28N2O3/c1-4-33-28(31)18-25(21-8-6-5-7-9-21)26-19-27(22-12-10-20(2)11-13-22)30(29-26)23-14-16-24(32-3)17-15-23/h5-17,19,25H,4,18H2,1-3H3. The lowest BCUT2D eigenvalue weighted by Crippen LogP contribution is -2.12. The molecular weight excluding hydrogens is 412 g/mol. The maximum Gasteiger partial charge on any atom is 0.306 e. The Kier molecular flexibility index (Phi) is 6.89. The molecule has 168 valence electrons. The molecule has 0 amide bonds. The lowest BCUT2D eigenvalue weighted by Gasteiger charge is -2.14. The first-order chi connectivity index (χ1) is 16.1. The molecule has 5 heteroatoms. The molecule has 0 saturated heterocycles. The molecule has 1 heterocycles. The van der Waals surface area contributed by atoms with Crippen molar-refractivity contribution < 1.29 is 14.3 Å². The Morgan fingerprint density at radius 1 is 0.970 bits per heavy atom.